The van der Waals surface area contributed by atoms with Crippen LogP contribution in [0, 0.1) is 0 Å². The third-order valence-electron chi connectivity index (χ3n) is 2.11. The number of hydrogen-bond acceptors (Lipinski definition) is 3. The van der Waals surface area contributed by atoms with Gasteiger partial charge in [0.05, 0.1) is 0 Å². The van der Waals surface area contributed by atoms with Crippen molar-refractivity contribution in [2.45, 2.75) is 12.5 Å². The second-order valence-corrected chi connectivity index (χ2v) is 3.73. The van der Waals surface area contributed by atoms with E-state index in [4.69, 9.17) is 16.7 Å². The van der Waals surface area contributed by atoms with Gasteiger partial charge in [0.2, 0.25) is 5.91 Å². The van der Waals surface area contributed by atoms with E-state index >= 15 is 0 Å². The van der Waals surface area contributed by atoms with Crippen LogP contribution in [-0.2, 0) is 16.0 Å². The molecular weight excluding hydrogens is 246 g/mol. The molecule has 0 aliphatic heterocycles. The number of amides is 1. The van der Waals surface area contributed by atoms with Gasteiger partial charge in [-0.3, -0.25) is 4.79 Å². The maximum absolute atomic E-state index is 11.0. The summed E-state index contributed by atoms with van der Waals surface area (Å²) in [7, 11) is 0. The molecule has 1 rings (SSSR count). The van der Waals surface area contributed by atoms with Gasteiger partial charge >= 0.3 is 5.97 Å². The Kier molecular flexibility index (Phi) is 4.78. The van der Waals surface area contributed by atoms with Crippen LogP contribution in [0.4, 0.5) is 0 Å². The first-order valence-corrected chi connectivity index (χ1v) is 5.42. The van der Waals surface area contributed by atoms with Crippen molar-refractivity contribution in [1.29, 1.82) is 0 Å². The van der Waals surface area contributed by atoms with Crippen molar-refractivity contribution in [1.82, 2.24) is 5.32 Å². The first kappa shape index (κ1) is 13.3. The van der Waals surface area contributed by atoms with Crippen LogP contribution in [0.3, 0.4) is 0 Å². The third-order valence-corrected chi connectivity index (χ3v) is 2.35. The molecular formula is C11H12ClNO4. The standard InChI is InChI=1S/C11H12ClNO4/c12-6-10(15)13-9(11(16)17)5-7-2-1-3-8(14)4-7/h1-4,9,14H,5-6H2,(H,13,15)(H,16,17)/t9-/m0/s1. The van der Waals surface area contributed by atoms with E-state index < -0.39 is 17.9 Å². The molecule has 0 saturated heterocycles. The second-order valence-electron chi connectivity index (χ2n) is 3.47. The Morgan fingerprint density at radius 3 is 2.65 bits per heavy atom. The zero-order valence-electron chi connectivity index (χ0n) is 8.89. The van der Waals surface area contributed by atoms with Gasteiger partial charge in [0.15, 0.2) is 0 Å². The Hall–Kier alpha value is -1.75. The molecule has 3 N–H and O–H groups in total. The summed E-state index contributed by atoms with van der Waals surface area (Å²) in [5.74, 6) is -1.93. The number of carbonyl (C=O) groups is 2. The summed E-state index contributed by atoms with van der Waals surface area (Å²) < 4.78 is 0. The summed E-state index contributed by atoms with van der Waals surface area (Å²) in [6, 6.07) is 5.15. The normalized spacial score (nSPS) is 11.8. The Morgan fingerprint density at radius 2 is 2.12 bits per heavy atom. The number of aromatic hydroxyl groups is 1. The molecule has 1 atom stereocenters. The van der Waals surface area contributed by atoms with Crippen molar-refractivity contribution in [3.05, 3.63) is 29.8 Å². The molecule has 17 heavy (non-hydrogen) atoms. The van der Waals surface area contributed by atoms with Crippen LogP contribution in [0.1, 0.15) is 5.56 Å². The first-order valence-electron chi connectivity index (χ1n) is 4.89. The van der Waals surface area contributed by atoms with E-state index in [2.05, 4.69) is 5.32 Å². The largest absolute Gasteiger partial charge is 0.508 e. The number of halogens is 1. The van der Waals surface area contributed by atoms with Crippen molar-refractivity contribution in [3.8, 4) is 5.75 Å². The molecule has 0 spiro atoms. The predicted octanol–water partition coefficient (Wildman–Crippen LogP) is 0.743. The lowest BCUT2D eigenvalue weighted by molar-refractivity contribution is -0.141. The van der Waals surface area contributed by atoms with Crippen molar-refractivity contribution >= 4 is 23.5 Å². The number of phenols is 1. The number of rotatable bonds is 5. The fraction of sp³-hybridized carbons (Fsp3) is 0.273. The Balaban J connectivity index is 2.73. The summed E-state index contributed by atoms with van der Waals surface area (Å²) >= 11 is 5.28. The van der Waals surface area contributed by atoms with Gasteiger partial charge in [0.25, 0.3) is 0 Å². The molecule has 0 aliphatic carbocycles. The topological polar surface area (TPSA) is 86.6 Å². The highest BCUT2D eigenvalue weighted by atomic mass is 35.5. The van der Waals surface area contributed by atoms with Crippen LogP contribution < -0.4 is 5.32 Å². The van der Waals surface area contributed by atoms with E-state index in [0.29, 0.717) is 5.56 Å². The monoisotopic (exact) mass is 257 g/mol. The van der Waals surface area contributed by atoms with Gasteiger partial charge in [-0.2, -0.15) is 0 Å². The van der Waals surface area contributed by atoms with Crippen LogP contribution >= 0.6 is 11.6 Å². The van der Waals surface area contributed by atoms with Gasteiger partial charge < -0.3 is 15.5 Å². The van der Waals surface area contributed by atoms with Gasteiger partial charge in [-0.25, -0.2) is 4.79 Å². The van der Waals surface area contributed by atoms with Gasteiger partial charge in [0.1, 0.15) is 17.7 Å². The van der Waals surface area contributed by atoms with Crippen molar-refractivity contribution in [2.24, 2.45) is 0 Å². The minimum Gasteiger partial charge on any atom is -0.508 e. The fourth-order valence-electron chi connectivity index (χ4n) is 1.35. The molecule has 0 unspecified atom stereocenters. The van der Waals surface area contributed by atoms with E-state index in [9.17, 15) is 14.7 Å². The van der Waals surface area contributed by atoms with E-state index in [0.717, 1.165) is 0 Å². The molecule has 0 saturated carbocycles. The smallest absolute Gasteiger partial charge is 0.326 e. The van der Waals surface area contributed by atoms with Gasteiger partial charge in [-0.15, -0.1) is 11.6 Å². The number of alkyl halides is 1. The predicted molar refractivity (Wildman–Crippen MR) is 62.1 cm³/mol. The van der Waals surface area contributed by atoms with E-state index in [1.165, 1.54) is 12.1 Å². The summed E-state index contributed by atoms with van der Waals surface area (Å²) in [6.07, 6.45) is 0.0896. The molecule has 0 aromatic heterocycles. The van der Waals surface area contributed by atoms with E-state index in [1.807, 2.05) is 0 Å². The van der Waals surface area contributed by atoms with Gasteiger partial charge in [0, 0.05) is 6.42 Å². The zero-order valence-corrected chi connectivity index (χ0v) is 9.65. The minimum absolute atomic E-state index is 0.0512. The van der Waals surface area contributed by atoms with Crippen LogP contribution in [0.2, 0.25) is 0 Å². The average molecular weight is 258 g/mol. The van der Waals surface area contributed by atoms with Crippen molar-refractivity contribution in [2.75, 3.05) is 5.88 Å². The molecule has 1 amide bonds. The van der Waals surface area contributed by atoms with Crippen LogP contribution in [0.15, 0.2) is 24.3 Å². The minimum atomic E-state index is -1.15. The highest BCUT2D eigenvalue weighted by molar-refractivity contribution is 6.27. The molecule has 1 aromatic rings. The van der Waals surface area contributed by atoms with E-state index in [-0.39, 0.29) is 18.1 Å². The zero-order chi connectivity index (χ0) is 12.8. The number of carboxylic acids is 1. The highest BCUT2D eigenvalue weighted by Gasteiger charge is 2.19. The number of carboxylic acid groups (broad SMARTS) is 1. The van der Waals surface area contributed by atoms with Crippen LogP contribution in [0.5, 0.6) is 5.75 Å². The maximum Gasteiger partial charge on any atom is 0.326 e. The molecule has 0 fully saturated rings. The molecule has 6 heteroatoms. The summed E-state index contributed by atoms with van der Waals surface area (Å²) in [6.45, 7) is 0. The van der Waals surface area contributed by atoms with Crippen LogP contribution in [0.25, 0.3) is 0 Å². The number of nitrogens with one attached hydrogen (secondary N) is 1. The van der Waals surface area contributed by atoms with Gasteiger partial charge in [-0.05, 0) is 17.7 Å². The molecule has 0 bridgehead atoms. The average Bonchev–Trinajstić information content (AvgIpc) is 2.27. The number of carbonyl (C=O) groups excluding carboxylic acids is 1. The van der Waals surface area contributed by atoms with Gasteiger partial charge in [-0.1, -0.05) is 12.1 Å². The summed E-state index contributed by atoms with van der Waals surface area (Å²) in [5.41, 5.74) is 0.618. The summed E-state index contributed by atoms with van der Waals surface area (Å²) in [4.78, 5) is 21.9. The quantitative estimate of drug-likeness (QED) is 0.679. The molecule has 0 radical (unpaired) electrons. The molecule has 1 aromatic carbocycles. The lowest BCUT2D eigenvalue weighted by Gasteiger charge is -2.13. The van der Waals surface area contributed by atoms with Crippen molar-refractivity contribution < 1.29 is 19.8 Å². The Morgan fingerprint density at radius 1 is 1.41 bits per heavy atom. The van der Waals surface area contributed by atoms with Crippen LogP contribution in [-0.4, -0.2) is 34.0 Å². The highest BCUT2D eigenvalue weighted by Crippen LogP contribution is 2.12. The summed E-state index contributed by atoms with van der Waals surface area (Å²) in [5, 5.41) is 20.4. The Bertz CT molecular complexity index is 422. The van der Waals surface area contributed by atoms with Crippen molar-refractivity contribution in [3.63, 3.8) is 0 Å². The number of hydrogen-bond donors (Lipinski definition) is 3. The number of phenolic OH excluding ortho intramolecular Hbond substituents is 1. The SMILES string of the molecule is O=C(CCl)N[C@@H](Cc1cccc(O)c1)C(=O)O. The second kappa shape index (κ2) is 6.10. The Labute approximate surface area is 103 Å². The molecule has 0 heterocycles. The number of aliphatic carboxylic acids is 1. The lowest BCUT2D eigenvalue weighted by atomic mass is 10.1. The van der Waals surface area contributed by atoms with E-state index in [1.54, 1.807) is 12.1 Å². The molecule has 0 aliphatic rings. The molecule has 92 valence electrons. The fourth-order valence-corrected chi connectivity index (χ4v) is 1.43. The maximum atomic E-state index is 11.0. The molecule has 5 nitrogen and oxygen atoms in total. The lowest BCUT2D eigenvalue weighted by Crippen LogP contribution is -2.42. The third kappa shape index (κ3) is 4.32. The number of benzene rings is 1. The first-order chi connectivity index (χ1) is 8.02.